The van der Waals surface area contributed by atoms with Gasteiger partial charge < -0.3 is 24.4 Å². The van der Waals surface area contributed by atoms with Crippen LogP contribution in [0, 0.1) is 11.8 Å². The Morgan fingerprint density at radius 2 is 1.94 bits per heavy atom. The molecule has 2 fully saturated rings. The number of ether oxygens (including phenoxy) is 1. The number of carbonyl (C=O) groups excluding carboxylic acids is 1. The molecule has 2 aliphatic rings. The van der Waals surface area contributed by atoms with E-state index in [0.717, 1.165) is 73.9 Å². The van der Waals surface area contributed by atoms with Gasteiger partial charge in [0.05, 0.1) is 7.11 Å². The molecule has 1 aromatic carbocycles. The van der Waals surface area contributed by atoms with Crippen LogP contribution in [-0.2, 0) is 4.79 Å². The molecule has 0 radical (unpaired) electrons. The topological polar surface area (TPSA) is 96.6 Å². The number of methoxy groups -OCH3 is 1. The second-order valence-corrected chi connectivity index (χ2v) is 10.1. The highest BCUT2D eigenvalue weighted by Gasteiger charge is 2.28. The number of benzene rings is 1. The summed E-state index contributed by atoms with van der Waals surface area (Å²) in [5.41, 5.74) is 2.10. The molecule has 9 nitrogen and oxygen atoms in total. The zero-order valence-corrected chi connectivity index (χ0v) is 21.3. The van der Waals surface area contributed by atoms with Crippen molar-refractivity contribution in [3.63, 3.8) is 0 Å². The van der Waals surface area contributed by atoms with Gasteiger partial charge in [-0.2, -0.15) is 4.98 Å². The monoisotopic (exact) mass is 492 g/mol. The first-order chi connectivity index (χ1) is 17.6. The fraction of sp³-hybridized carbons (Fsp3) is 0.556. The number of likely N-dealkylation sites (tertiary alicyclic amines) is 1. The summed E-state index contributed by atoms with van der Waals surface area (Å²) in [6.45, 7) is 8.04. The highest BCUT2D eigenvalue weighted by molar-refractivity contribution is 5.98. The molecule has 9 heteroatoms. The number of aromatic nitrogens is 3. The minimum atomic E-state index is 0.0390. The molecule has 3 aromatic rings. The Morgan fingerprint density at radius 3 is 2.69 bits per heavy atom. The maximum atomic E-state index is 12.8. The van der Waals surface area contributed by atoms with Crippen LogP contribution in [0.4, 0.5) is 5.82 Å². The summed E-state index contributed by atoms with van der Waals surface area (Å²) >= 11 is 0. The van der Waals surface area contributed by atoms with Crippen molar-refractivity contribution in [1.29, 1.82) is 0 Å². The Morgan fingerprint density at radius 1 is 1.14 bits per heavy atom. The number of anilines is 1. The quantitative estimate of drug-likeness (QED) is 0.475. The van der Waals surface area contributed by atoms with Gasteiger partial charge >= 0.3 is 0 Å². The number of amides is 1. The fourth-order valence-corrected chi connectivity index (χ4v) is 5.46. The van der Waals surface area contributed by atoms with E-state index in [-0.39, 0.29) is 11.8 Å². The molecule has 4 heterocycles. The van der Waals surface area contributed by atoms with Crippen LogP contribution in [0.1, 0.15) is 39.0 Å². The SMILES string of the molecule is COc1ccc(-c2noc3ncnc(N4CCC(C(=O)NCCCN5CCC[C@H](C)C5)CC4)c23)cc1. The molecule has 0 aliphatic carbocycles. The summed E-state index contributed by atoms with van der Waals surface area (Å²) in [6.07, 6.45) is 6.75. The molecule has 0 unspecified atom stereocenters. The van der Waals surface area contributed by atoms with Gasteiger partial charge in [0.2, 0.25) is 5.91 Å². The van der Waals surface area contributed by atoms with Gasteiger partial charge in [0.1, 0.15) is 29.0 Å². The van der Waals surface area contributed by atoms with Crippen LogP contribution in [0.25, 0.3) is 22.4 Å². The van der Waals surface area contributed by atoms with Crippen molar-refractivity contribution < 1.29 is 14.1 Å². The summed E-state index contributed by atoms with van der Waals surface area (Å²) in [6, 6.07) is 7.71. The van der Waals surface area contributed by atoms with E-state index in [2.05, 4.69) is 37.2 Å². The second-order valence-electron chi connectivity index (χ2n) is 10.1. The van der Waals surface area contributed by atoms with Crippen molar-refractivity contribution in [3.05, 3.63) is 30.6 Å². The van der Waals surface area contributed by atoms with E-state index in [0.29, 0.717) is 11.4 Å². The maximum Gasteiger partial charge on any atom is 0.263 e. The van der Waals surface area contributed by atoms with E-state index < -0.39 is 0 Å². The summed E-state index contributed by atoms with van der Waals surface area (Å²) in [5, 5.41) is 8.27. The van der Waals surface area contributed by atoms with Crippen molar-refractivity contribution in [1.82, 2.24) is 25.3 Å². The molecule has 192 valence electrons. The van der Waals surface area contributed by atoms with Gasteiger partial charge in [-0.15, -0.1) is 0 Å². The van der Waals surface area contributed by atoms with Gasteiger partial charge in [-0.1, -0.05) is 12.1 Å². The largest absolute Gasteiger partial charge is 0.497 e. The third-order valence-corrected chi connectivity index (χ3v) is 7.47. The molecule has 0 saturated carbocycles. The fourth-order valence-electron chi connectivity index (χ4n) is 5.46. The van der Waals surface area contributed by atoms with Crippen molar-refractivity contribution in [2.45, 2.75) is 39.0 Å². The molecule has 0 spiro atoms. The van der Waals surface area contributed by atoms with Crippen molar-refractivity contribution >= 4 is 22.8 Å². The Bertz CT molecular complexity index is 1160. The first-order valence-corrected chi connectivity index (χ1v) is 13.1. The van der Waals surface area contributed by atoms with E-state index in [1.807, 2.05) is 24.3 Å². The summed E-state index contributed by atoms with van der Waals surface area (Å²) in [4.78, 5) is 26.4. The molecular weight excluding hydrogens is 456 g/mol. The van der Waals surface area contributed by atoms with Crippen LogP contribution in [0.15, 0.2) is 35.1 Å². The average molecular weight is 493 g/mol. The summed E-state index contributed by atoms with van der Waals surface area (Å²) < 4.78 is 10.8. The molecule has 1 amide bonds. The molecule has 1 atom stereocenters. The molecule has 2 aliphatic heterocycles. The normalized spacial score (nSPS) is 19.5. The predicted molar refractivity (Wildman–Crippen MR) is 139 cm³/mol. The number of nitrogens with one attached hydrogen (secondary N) is 1. The number of piperidine rings is 2. The zero-order chi connectivity index (χ0) is 24.9. The van der Waals surface area contributed by atoms with Gasteiger partial charge in [0, 0.05) is 37.7 Å². The zero-order valence-electron chi connectivity index (χ0n) is 21.3. The Balaban J connectivity index is 1.17. The number of fused-ring (bicyclic) bond motifs is 1. The lowest BCUT2D eigenvalue weighted by Crippen LogP contribution is -2.42. The Hall–Kier alpha value is -3.20. The van der Waals surface area contributed by atoms with Gasteiger partial charge in [0.15, 0.2) is 0 Å². The van der Waals surface area contributed by atoms with Crippen LogP contribution in [0.2, 0.25) is 0 Å². The number of nitrogens with zero attached hydrogens (tertiary/aromatic N) is 5. The molecule has 36 heavy (non-hydrogen) atoms. The first kappa shape index (κ1) is 24.5. The average Bonchev–Trinajstić information content (AvgIpc) is 3.36. The van der Waals surface area contributed by atoms with Gasteiger partial charge in [-0.05, 0) is 75.4 Å². The Labute approximate surface area is 212 Å². The molecule has 5 rings (SSSR count). The molecule has 1 N–H and O–H groups in total. The lowest BCUT2D eigenvalue weighted by Gasteiger charge is -2.32. The molecule has 0 bridgehead atoms. The van der Waals surface area contributed by atoms with E-state index in [1.54, 1.807) is 7.11 Å². The summed E-state index contributed by atoms with van der Waals surface area (Å²) in [5.74, 6) is 2.60. The molecule has 2 aromatic heterocycles. The highest BCUT2D eigenvalue weighted by atomic mass is 16.5. The lowest BCUT2D eigenvalue weighted by molar-refractivity contribution is -0.125. The smallest absolute Gasteiger partial charge is 0.263 e. The van der Waals surface area contributed by atoms with E-state index in [9.17, 15) is 4.79 Å². The van der Waals surface area contributed by atoms with Crippen molar-refractivity contribution in [3.8, 4) is 17.0 Å². The third-order valence-electron chi connectivity index (χ3n) is 7.47. The van der Waals surface area contributed by atoms with Gasteiger partial charge in [-0.25, -0.2) is 4.98 Å². The predicted octanol–water partition coefficient (Wildman–Crippen LogP) is 3.75. The molecule has 2 saturated heterocycles. The highest BCUT2D eigenvalue weighted by Crippen LogP contribution is 2.35. The minimum absolute atomic E-state index is 0.0390. The van der Waals surface area contributed by atoms with Crippen LogP contribution >= 0.6 is 0 Å². The van der Waals surface area contributed by atoms with Crippen LogP contribution in [-0.4, -0.2) is 72.3 Å². The standard InChI is InChI=1S/C27H36N6O3/c1-19-5-3-13-32(17-19)14-4-12-28-26(34)21-10-15-33(16-11-21)25-23-24(31-36-27(23)30-18-29-25)20-6-8-22(35-2)9-7-20/h6-9,18-19,21H,3-5,10-17H2,1-2H3,(H,28,34)/t19-/m0/s1. The molecular formula is C27H36N6O3. The number of carbonyl (C=O) groups is 1. The minimum Gasteiger partial charge on any atom is -0.497 e. The second kappa shape index (κ2) is 11.2. The van der Waals surface area contributed by atoms with E-state index in [4.69, 9.17) is 9.26 Å². The van der Waals surface area contributed by atoms with Gasteiger partial charge in [-0.3, -0.25) is 4.79 Å². The van der Waals surface area contributed by atoms with Crippen LogP contribution in [0.5, 0.6) is 5.75 Å². The number of rotatable bonds is 8. The third kappa shape index (κ3) is 5.46. The van der Waals surface area contributed by atoms with E-state index in [1.165, 1.54) is 32.3 Å². The first-order valence-electron chi connectivity index (χ1n) is 13.1. The number of hydrogen-bond donors (Lipinski definition) is 1. The van der Waals surface area contributed by atoms with Crippen molar-refractivity contribution in [2.24, 2.45) is 11.8 Å². The Kier molecular flexibility index (Phi) is 7.65. The lowest BCUT2D eigenvalue weighted by atomic mass is 9.95. The van der Waals surface area contributed by atoms with Crippen LogP contribution < -0.4 is 15.0 Å². The number of hydrogen-bond acceptors (Lipinski definition) is 8. The van der Waals surface area contributed by atoms with Crippen LogP contribution in [0.3, 0.4) is 0 Å². The summed E-state index contributed by atoms with van der Waals surface area (Å²) in [7, 11) is 1.65. The van der Waals surface area contributed by atoms with E-state index >= 15 is 0 Å². The maximum absolute atomic E-state index is 12.8. The van der Waals surface area contributed by atoms with Gasteiger partial charge in [0.25, 0.3) is 5.71 Å². The van der Waals surface area contributed by atoms with Crippen molar-refractivity contribution in [2.75, 3.05) is 51.3 Å².